The number of nitrogens with zero attached hydrogens (tertiary/aromatic N) is 3. The van der Waals surface area contributed by atoms with E-state index < -0.39 is 0 Å². The van der Waals surface area contributed by atoms with E-state index in [1.807, 2.05) is 48.5 Å². The van der Waals surface area contributed by atoms with E-state index >= 15 is 0 Å². The number of hydrogen-bond acceptors (Lipinski definition) is 6. The summed E-state index contributed by atoms with van der Waals surface area (Å²) in [7, 11) is 4.96. The number of amides is 1. The van der Waals surface area contributed by atoms with E-state index in [1.54, 1.807) is 30.7 Å². The summed E-state index contributed by atoms with van der Waals surface area (Å²) in [4.78, 5) is 14.3. The largest absolute Gasteiger partial charge is 0.497 e. The Morgan fingerprint density at radius 1 is 1.03 bits per heavy atom. The highest BCUT2D eigenvalue weighted by Crippen LogP contribution is 2.21. The van der Waals surface area contributed by atoms with Crippen LogP contribution >= 0.6 is 12.2 Å². The van der Waals surface area contributed by atoms with Crippen LogP contribution in [0.5, 0.6) is 17.2 Å². The van der Waals surface area contributed by atoms with Crippen molar-refractivity contribution in [3.8, 4) is 28.6 Å². The fourth-order valence-electron chi connectivity index (χ4n) is 2.78. The van der Waals surface area contributed by atoms with Crippen molar-refractivity contribution in [2.24, 2.45) is 0 Å². The van der Waals surface area contributed by atoms with E-state index in [9.17, 15) is 4.79 Å². The van der Waals surface area contributed by atoms with Crippen molar-refractivity contribution in [3.05, 3.63) is 53.3 Å². The van der Waals surface area contributed by atoms with Crippen LogP contribution < -0.4 is 14.2 Å². The highest BCUT2D eigenvalue weighted by atomic mass is 32.1. The number of aromatic nitrogens is 3. The van der Waals surface area contributed by atoms with Gasteiger partial charge in [-0.15, -0.1) is 0 Å². The zero-order chi connectivity index (χ0) is 21.5. The van der Waals surface area contributed by atoms with Crippen LogP contribution in [0.4, 0.5) is 0 Å². The van der Waals surface area contributed by atoms with Crippen molar-refractivity contribution in [3.63, 3.8) is 0 Å². The molecular formula is C21H24N4O4S. The van der Waals surface area contributed by atoms with Gasteiger partial charge in [-0.3, -0.25) is 14.5 Å². The zero-order valence-corrected chi connectivity index (χ0v) is 17.9. The van der Waals surface area contributed by atoms with Crippen LogP contribution in [0.2, 0.25) is 0 Å². The topological polar surface area (TPSA) is 81.6 Å². The maximum absolute atomic E-state index is 12.7. The number of carbonyl (C=O) groups is 1. The van der Waals surface area contributed by atoms with Crippen LogP contribution in [-0.2, 0) is 11.3 Å². The van der Waals surface area contributed by atoms with Gasteiger partial charge in [0, 0.05) is 12.6 Å². The molecule has 8 nitrogen and oxygen atoms in total. The van der Waals surface area contributed by atoms with Crippen LogP contribution in [0, 0.1) is 4.77 Å². The van der Waals surface area contributed by atoms with Crippen LogP contribution in [0.15, 0.2) is 48.5 Å². The molecule has 0 atom stereocenters. The lowest BCUT2D eigenvalue weighted by Gasteiger charge is -2.18. The van der Waals surface area contributed by atoms with E-state index in [0.29, 0.717) is 23.7 Å². The summed E-state index contributed by atoms with van der Waals surface area (Å²) >= 11 is 5.31. The first kappa shape index (κ1) is 21.4. The van der Waals surface area contributed by atoms with E-state index in [0.717, 1.165) is 22.8 Å². The summed E-state index contributed by atoms with van der Waals surface area (Å²) in [6.07, 6.45) is 0. The number of rotatable bonds is 9. The molecule has 0 saturated heterocycles. The molecule has 1 amide bonds. The Labute approximate surface area is 180 Å². The smallest absolute Gasteiger partial charge is 0.242 e. The molecule has 30 heavy (non-hydrogen) atoms. The number of likely N-dealkylation sites (N-methyl/N-ethyl adjacent to an activating group) is 1. The molecule has 158 valence electrons. The van der Waals surface area contributed by atoms with Gasteiger partial charge in [-0.2, -0.15) is 5.10 Å². The van der Waals surface area contributed by atoms with Gasteiger partial charge in [0.15, 0.2) is 10.6 Å². The maximum atomic E-state index is 12.7. The Hall–Kier alpha value is -3.33. The van der Waals surface area contributed by atoms with Gasteiger partial charge < -0.3 is 19.1 Å². The Bertz CT molecular complexity index is 1030. The number of nitrogens with one attached hydrogen (secondary N) is 1. The van der Waals surface area contributed by atoms with E-state index in [4.69, 9.17) is 26.4 Å². The molecule has 0 unspecified atom stereocenters. The first-order chi connectivity index (χ1) is 14.5. The third kappa shape index (κ3) is 5.18. The molecule has 0 radical (unpaired) electrons. The highest BCUT2D eigenvalue weighted by Gasteiger charge is 2.15. The van der Waals surface area contributed by atoms with E-state index in [1.165, 1.54) is 0 Å². The standard InChI is InChI=1S/C21H24N4O4S/c1-24(12-13-29-18-10-8-17(28-3)9-11-18)19(26)14-25-20(22-23-21(25)30)15-4-6-16(27-2)7-5-15/h4-11H,12-14H2,1-3H3,(H,23,30). The molecule has 1 aromatic heterocycles. The summed E-state index contributed by atoms with van der Waals surface area (Å²) in [6.45, 7) is 0.889. The van der Waals surface area contributed by atoms with Gasteiger partial charge in [0.25, 0.3) is 0 Å². The fourth-order valence-corrected chi connectivity index (χ4v) is 2.97. The van der Waals surface area contributed by atoms with Crippen molar-refractivity contribution in [1.29, 1.82) is 0 Å². The molecule has 0 bridgehead atoms. The van der Waals surface area contributed by atoms with Gasteiger partial charge in [-0.1, -0.05) is 0 Å². The van der Waals surface area contributed by atoms with Crippen LogP contribution in [0.1, 0.15) is 0 Å². The minimum Gasteiger partial charge on any atom is -0.497 e. The lowest BCUT2D eigenvalue weighted by atomic mass is 10.2. The van der Waals surface area contributed by atoms with Crippen molar-refractivity contribution in [1.82, 2.24) is 19.7 Å². The molecule has 0 aliphatic carbocycles. The molecule has 9 heteroatoms. The normalized spacial score (nSPS) is 10.5. The Morgan fingerprint density at radius 2 is 1.60 bits per heavy atom. The fraction of sp³-hybridized carbons (Fsp3) is 0.286. The van der Waals surface area contributed by atoms with Crippen molar-refractivity contribution in [2.45, 2.75) is 6.54 Å². The van der Waals surface area contributed by atoms with E-state index in [-0.39, 0.29) is 12.5 Å². The van der Waals surface area contributed by atoms with Gasteiger partial charge in [0.1, 0.15) is 30.4 Å². The zero-order valence-electron chi connectivity index (χ0n) is 17.1. The third-order valence-corrected chi connectivity index (χ3v) is 4.89. The second-order valence-electron chi connectivity index (χ2n) is 6.51. The average Bonchev–Trinajstić information content (AvgIpc) is 3.14. The summed E-state index contributed by atoms with van der Waals surface area (Å²) in [6, 6.07) is 14.7. The molecule has 3 aromatic rings. The number of ether oxygens (including phenoxy) is 3. The van der Waals surface area contributed by atoms with Crippen LogP contribution in [0.3, 0.4) is 0 Å². The number of methoxy groups -OCH3 is 2. The SMILES string of the molecule is COc1ccc(OCCN(C)C(=O)Cn2c(-c3ccc(OC)cc3)n[nH]c2=S)cc1. The predicted octanol–water partition coefficient (Wildman–Crippen LogP) is 3.16. The van der Waals surface area contributed by atoms with Gasteiger partial charge in [0.05, 0.1) is 20.8 Å². The van der Waals surface area contributed by atoms with Gasteiger partial charge in [-0.05, 0) is 60.7 Å². The molecule has 1 heterocycles. The number of H-pyrrole nitrogens is 1. The molecule has 3 rings (SSSR count). The van der Waals surface area contributed by atoms with Crippen molar-refractivity contribution in [2.75, 3.05) is 34.4 Å². The summed E-state index contributed by atoms with van der Waals surface area (Å²) < 4.78 is 18.1. The first-order valence-electron chi connectivity index (χ1n) is 9.32. The summed E-state index contributed by atoms with van der Waals surface area (Å²) in [5.41, 5.74) is 0.835. The molecule has 1 N–H and O–H groups in total. The lowest BCUT2D eigenvalue weighted by molar-refractivity contribution is -0.130. The average molecular weight is 429 g/mol. The number of aromatic amines is 1. The second kappa shape index (κ2) is 9.93. The Morgan fingerprint density at radius 3 is 2.20 bits per heavy atom. The highest BCUT2D eigenvalue weighted by molar-refractivity contribution is 7.71. The molecule has 0 fully saturated rings. The molecule has 0 spiro atoms. The van der Waals surface area contributed by atoms with Crippen LogP contribution in [0.25, 0.3) is 11.4 Å². The van der Waals surface area contributed by atoms with Gasteiger partial charge >= 0.3 is 0 Å². The maximum Gasteiger partial charge on any atom is 0.242 e. The molecule has 2 aromatic carbocycles. The monoisotopic (exact) mass is 428 g/mol. The Balaban J connectivity index is 1.59. The molecule has 0 aliphatic heterocycles. The number of benzene rings is 2. The lowest BCUT2D eigenvalue weighted by Crippen LogP contribution is -2.33. The molecule has 0 saturated carbocycles. The van der Waals surface area contributed by atoms with Gasteiger partial charge in [0.2, 0.25) is 5.91 Å². The number of carbonyl (C=O) groups excluding carboxylic acids is 1. The van der Waals surface area contributed by atoms with E-state index in [2.05, 4.69) is 10.2 Å². The van der Waals surface area contributed by atoms with Crippen LogP contribution in [-0.4, -0.2) is 60.0 Å². The number of hydrogen-bond donors (Lipinski definition) is 1. The minimum atomic E-state index is -0.0967. The third-order valence-electron chi connectivity index (χ3n) is 4.58. The van der Waals surface area contributed by atoms with Crippen molar-refractivity contribution >= 4 is 18.1 Å². The second-order valence-corrected chi connectivity index (χ2v) is 6.89. The molecular weight excluding hydrogens is 404 g/mol. The quantitative estimate of drug-likeness (QED) is 0.527. The van der Waals surface area contributed by atoms with Gasteiger partial charge in [-0.25, -0.2) is 0 Å². The predicted molar refractivity (Wildman–Crippen MR) is 116 cm³/mol. The van der Waals surface area contributed by atoms with Crippen molar-refractivity contribution < 1.29 is 19.0 Å². The first-order valence-corrected chi connectivity index (χ1v) is 9.73. The molecule has 0 aliphatic rings. The Kier molecular flexibility index (Phi) is 7.08. The minimum absolute atomic E-state index is 0.0791. The summed E-state index contributed by atoms with van der Waals surface area (Å²) in [5.74, 6) is 2.72. The summed E-state index contributed by atoms with van der Waals surface area (Å²) in [5, 5.41) is 7.03.